The number of rotatable bonds is 2. The second-order valence-electron chi connectivity index (χ2n) is 4.68. The standard InChI is InChI=1S/C13H17NO5/c1-8-7-19-12(6-15)5-14(8)13(18)9-2-10(16)4-11(17)3-9/h2-4,8,12,15-17H,5-7H2,1H3. The van der Waals surface area contributed by atoms with Crippen LogP contribution < -0.4 is 0 Å². The number of benzene rings is 1. The van der Waals surface area contributed by atoms with E-state index in [9.17, 15) is 15.0 Å². The average Bonchev–Trinajstić information content (AvgIpc) is 2.37. The number of ether oxygens (including phenoxy) is 1. The first-order valence-corrected chi connectivity index (χ1v) is 6.07. The number of aliphatic hydroxyl groups excluding tert-OH is 1. The van der Waals surface area contributed by atoms with Crippen LogP contribution in [0.3, 0.4) is 0 Å². The van der Waals surface area contributed by atoms with E-state index in [1.165, 1.54) is 12.1 Å². The fourth-order valence-electron chi connectivity index (χ4n) is 2.10. The van der Waals surface area contributed by atoms with Gasteiger partial charge >= 0.3 is 0 Å². The SMILES string of the molecule is CC1COC(CO)CN1C(=O)c1cc(O)cc(O)c1. The maximum atomic E-state index is 12.3. The zero-order valence-electron chi connectivity index (χ0n) is 10.6. The predicted octanol–water partition coefficient (Wildman–Crippen LogP) is 0.320. The number of phenolic OH excluding ortho intramolecular Hbond substituents is 2. The Hall–Kier alpha value is -1.79. The maximum absolute atomic E-state index is 12.3. The van der Waals surface area contributed by atoms with Gasteiger partial charge in [-0.2, -0.15) is 0 Å². The van der Waals surface area contributed by atoms with Crippen LogP contribution >= 0.6 is 0 Å². The van der Waals surface area contributed by atoms with E-state index in [0.29, 0.717) is 6.61 Å². The number of hydrogen-bond donors (Lipinski definition) is 3. The van der Waals surface area contributed by atoms with E-state index >= 15 is 0 Å². The molecule has 104 valence electrons. The minimum atomic E-state index is -0.397. The van der Waals surface area contributed by atoms with E-state index in [1.54, 1.807) is 4.90 Å². The second-order valence-corrected chi connectivity index (χ2v) is 4.68. The van der Waals surface area contributed by atoms with Crippen molar-refractivity contribution in [1.82, 2.24) is 4.90 Å². The molecule has 1 aliphatic heterocycles. The van der Waals surface area contributed by atoms with Crippen molar-refractivity contribution in [2.45, 2.75) is 19.1 Å². The topological polar surface area (TPSA) is 90.2 Å². The molecule has 1 saturated heterocycles. The van der Waals surface area contributed by atoms with E-state index in [2.05, 4.69) is 0 Å². The Morgan fingerprint density at radius 1 is 1.37 bits per heavy atom. The number of amides is 1. The summed E-state index contributed by atoms with van der Waals surface area (Å²) < 4.78 is 5.36. The fraction of sp³-hybridized carbons (Fsp3) is 0.462. The molecule has 1 amide bonds. The summed E-state index contributed by atoms with van der Waals surface area (Å²) in [4.78, 5) is 13.9. The summed E-state index contributed by atoms with van der Waals surface area (Å²) in [7, 11) is 0. The molecule has 3 N–H and O–H groups in total. The Morgan fingerprint density at radius 3 is 2.58 bits per heavy atom. The summed E-state index contributed by atoms with van der Waals surface area (Å²) in [5, 5.41) is 27.9. The Kier molecular flexibility index (Phi) is 3.92. The Balaban J connectivity index is 2.21. The lowest BCUT2D eigenvalue weighted by Gasteiger charge is -2.37. The van der Waals surface area contributed by atoms with Gasteiger partial charge in [0.25, 0.3) is 5.91 Å². The predicted molar refractivity (Wildman–Crippen MR) is 67.1 cm³/mol. The first-order chi connectivity index (χ1) is 9.01. The van der Waals surface area contributed by atoms with Crippen molar-refractivity contribution >= 4 is 5.91 Å². The molecule has 0 aromatic heterocycles. The van der Waals surface area contributed by atoms with Gasteiger partial charge in [0, 0.05) is 18.2 Å². The third kappa shape index (κ3) is 2.97. The van der Waals surface area contributed by atoms with Crippen molar-refractivity contribution in [3.63, 3.8) is 0 Å². The molecule has 2 atom stereocenters. The van der Waals surface area contributed by atoms with E-state index in [4.69, 9.17) is 9.84 Å². The largest absolute Gasteiger partial charge is 0.508 e. The van der Waals surface area contributed by atoms with Crippen LogP contribution in [-0.4, -0.2) is 58.0 Å². The Bertz CT molecular complexity index is 456. The van der Waals surface area contributed by atoms with E-state index in [1.807, 2.05) is 6.92 Å². The highest BCUT2D eigenvalue weighted by atomic mass is 16.5. The molecule has 0 saturated carbocycles. The normalized spacial score (nSPS) is 23.4. The van der Waals surface area contributed by atoms with Crippen LogP contribution in [0, 0.1) is 0 Å². The number of phenols is 2. The number of aromatic hydroxyl groups is 2. The van der Waals surface area contributed by atoms with Gasteiger partial charge in [0.2, 0.25) is 0 Å². The van der Waals surface area contributed by atoms with E-state index in [-0.39, 0.29) is 42.2 Å². The van der Waals surface area contributed by atoms with Crippen LogP contribution in [0.1, 0.15) is 17.3 Å². The molecule has 0 radical (unpaired) electrons. The highest BCUT2D eigenvalue weighted by Gasteiger charge is 2.30. The minimum Gasteiger partial charge on any atom is -0.508 e. The molecule has 1 fully saturated rings. The maximum Gasteiger partial charge on any atom is 0.254 e. The molecule has 2 rings (SSSR count). The van der Waals surface area contributed by atoms with Crippen LogP contribution in [0.5, 0.6) is 11.5 Å². The molecule has 1 aromatic carbocycles. The first-order valence-electron chi connectivity index (χ1n) is 6.07. The molecule has 19 heavy (non-hydrogen) atoms. The molecule has 6 heteroatoms. The Labute approximate surface area is 110 Å². The van der Waals surface area contributed by atoms with Crippen molar-refractivity contribution in [1.29, 1.82) is 0 Å². The number of aliphatic hydroxyl groups is 1. The first kappa shape index (κ1) is 13.6. The molecule has 1 aliphatic rings. The van der Waals surface area contributed by atoms with E-state index < -0.39 is 6.10 Å². The fourth-order valence-corrected chi connectivity index (χ4v) is 2.10. The van der Waals surface area contributed by atoms with Gasteiger partial charge < -0.3 is 25.0 Å². The molecule has 0 bridgehead atoms. The zero-order valence-corrected chi connectivity index (χ0v) is 10.6. The zero-order chi connectivity index (χ0) is 14.0. The average molecular weight is 267 g/mol. The van der Waals surface area contributed by atoms with Crippen LogP contribution in [0.15, 0.2) is 18.2 Å². The lowest BCUT2D eigenvalue weighted by molar-refractivity contribution is -0.0667. The molecule has 6 nitrogen and oxygen atoms in total. The summed E-state index contributed by atoms with van der Waals surface area (Å²) in [6, 6.07) is 3.65. The van der Waals surface area contributed by atoms with Gasteiger partial charge in [0.1, 0.15) is 11.5 Å². The number of hydrogen-bond acceptors (Lipinski definition) is 5. The smallest absolute Gasteiger partial charge is 0.254 e. The summed E-state index contributed by atoms with van der Waals surface area (Å²) >= 11 is 0. The molecular weight excluding hydrogens is 250 g/mol. The molecule has 1 heterocycles. The van der Waals surface area contributed by atoms with Crippen molar-refractivity contribution in [2.24, 2.45) is 0 Å². The molecule has 2 unspecified atom stereocenters. The van der Waals surface area contributed by atoms with Crippen LogP contribution in [0.4, 0.5) is 0 Å². The highest BCUT2D eigenvalue weighted by molar-refractivity contribution is 5.95. The number of nitrogens with zero attached hydrogens (tertiary/aromatic N) is 1. The second kappa shape index (κ2) is 5.46. The molecule has 0 aliphatic carbocycles. The van der Waals surface area contributed by atoms with Gasteiger partial charge in [-0.15, -0.1) is 0 Å². The van der Waals surface area contributed by atoms with Crippen molar-refractivity contribution < 1.29 is 24.9 Å². The quantitative estimate of drug-likeness (QED) is 0.718. The minimum absolute atomic E-state index is 0.125. The summed E-state index contributed by atoms with van der Waals surface area (Å²) in [5.74, 6) is -0.633. The molecular formula is C13H17NO5. The summed E-state index contributed by atoms with van der Waals surface area (Å²) in [5.41, 5.74) is 0.211. The lowest BCUT2D eigenvalue weighted by atomic mass is 10.1. The van der Waals surface area contributed by atoms with Gasteiger partial charge in [-0.25, -0.2) is 0 Å². The molecule has 1 aromatic rings. The third-order valence-electron chi connectivity index (χ3n) is 3.12. The number of carbonyl (C=O) groups excluding carboxylic acids is 1. The summed E-state index contributed by atoms with van der Waals surface area (Å²) in [6.07, 6.45) is -0.397. The van der Waals surface area contributed by atoms with Crippen molar-refractivity contribution in [3.8, 4) is 11.5 Å². The Morgan fingerprint density at radius 2 is 2.00 bits per heavy atom. The summed E-state index contributed by atoms with van der Waals surface area (Å²) in [6.45, 7) is 2.32. The molecule has 0 spiro atoms. The van der Waals surface area contributed by atoms with Gasteiger partial charge in [-0.1, -0.05) is 0 Å². The third-order valence-corrected chi connectivity index (χ3v) is 3.12. The van der Waals surface area contributed by atoms with Crippen LogP contribution in [0.25, 0.3) is 0 Å². The van der Waals surface area contributed by atoms with E-state index in [0.717, 1.165) is 6.07 Å². The number of morpholine rings is 1. The van der Waals surface area contributed by atoms with Crippen molar-refractivity contribution in [2.75, 3.05) is 19.8 Å². The van der Waals surface area contributed by atoms with Gasteiger partial charge in [-0.05, 0) is 19.1 Å². The highest BCUT2D eigenvalue weighted by Crippen LogP contribution is 2.23. The van der Waals surface area contributed by atoms with Crippen LogP contribution in [-0.2, 0) is 4.74 Å². The van der Waals surface area contributed by atoms with Gasteiger partial charge in [0.15, 0.2) is 0 Å². The van der Waals surface area contributed by atoms with Gasteiger partial charge in [-0.3, -0.25) is 4.79 Å². The van der Waals surface area contributed by atoms with Crippen LogP contribution in [0.2, 0.25) is 0 Å². The number of carbonyl (C=O) groups is 1. The van der Waals surface area contributed by atoms with Gasteiger partial charge in [0.05, 0.1) is 25.4 Å². The lowest BCUT2D eigenvalue weighted by Crippen LogP contribution is -2.52. The monoisotopic (exact) mass is 267 g/mol. The van der Waals surface area contributed by atoms with Crippen molar-refractivity contribution in [3.05, 3.63) is 23.8 Å².